The van der Waals surface area contributed by atoms with E-state index in [1.807, 2.05) is 31.4 Å². The molecule has 1 amide bonds. The number of anilines is 1. The van der Waals surface area contributed by atoms with Gasteiger partial charge in [0.25, 0.3) is 0 Å². The topological polar surface area (TPSA) is 58.1 Å². The minimum atomic E-state index is -0.00843. The Morgan fingerprint density at radius 3 is 2.79 bits per heavy atom. The number of nitrogens with zero attached hydrogens (tertiary/aromatic N) is 3. The number of aromatic nitrogens is 2. The first-order chi connectivity index (χ1) is 11.7. The third kappa shape index (κ3) is 4.14. The number of nitrogens with one attached hydrogen (secondary N) is 1. The standard InChI is InChI=1S/C19H20N4O/c1-23(12-9-18(24)22-17-8-4-10-20-13-17)14-16-6-2-5-15-7-3-11-21-19(15)16/h2-8,10-11,13H,9,12,14H2,1H3,(H,22,24). The van der Waals surface area contributed by atoms with E-state index in [1.54, 1.807) is 18.5 Å². The summed E-state index contributed by atoms with van der Waals surface area (Å²) in [6.45, 7) is 1.43. The smallest absolute Gasteiger partial charge is 0.225 e. The summed E-state index contributed by atoms with van der Waals surface area (Å²) in [6, 6.07) is 13.8. The first-order valence-electron chi connectivity index (χ1n) is 7.93. The van der Waals surface area contributed by atoms with E-state index in [9.17, 15) is 4.79 Å². The van der Waals surface area contributed by atoms with Gasteiger partial charge in [-0.3, -0.25) is 14.8 Å². The van der Waals surface area contributed by atoms with Gasteiger partial charge in [-0.2, -0.15) is 0 Å². The number of amides is 1. The number of hydrogen-bond donors (Lipinski definition) is 1. The molecular weight excluding hydrogens is 300 g/mol. The second kappa shape index (κ2) is 7.66. The molecule has 5 heteroatoms. The Kier molecular flexibility index (Phi) is 5.13. The van der Waals surface area contributed by atoms with Gasteiger partial charge in [0.2, 0.25) is 5.91 Å². The van der Waals surface area contributed by atoms with E-state index in [0.29, 0.717) is 13.0 Å². The van der Waals surface area contributed by atoms with E-state index in [-0.39, 0.29) is 5.91 Å². The predicted molar refractivity (Wildman–Crippen MR) is 95.6 cm³/mol. The minimum absolute atomic E-state index is 0.00843. The molecular formula is C19H20N4O. The van der Waals surface area contributed by atoms with Crippen molar-refractivity contribution in [3.05, 3.63) is 66.6 Å². The maximum Gasteiger partial charge on any atom is 0.225 e. The van der Waals surface area contributed by atoms with Crippen LogP contribution in [0.4, 0.5) is 5.69 Å². The molecule has 0 atom stereocenters. The fourth-order valence-electron chi connectivity index (χ4n) is 2.62. The van der Waals surface area contributed by atoms with Gasteiger partial charge in [-0.05, 0) is 30.8 Å². The number of rotatable bonds is 6. The van der Waals surface area contributed by atoms with Crippen LogP contribution in [-0.4, -0.2) is 34.4 Å². The number of benzene rings is 1. The van der Waals surface area contributed by atoms with Crippen LogP contribution in [0.15, 0.2) is 61.1 Å². The Labute approximate surface area is 141 Å². The molecule has 122 valence electrons. The summed E-state index contributed by atoms with van der Waals surface area (Å²) in [6.07, 6.45) is 5.57. The molecule has 5 nitrogen and oxygen atoms in total. The predicted octanol–water partition coefficient (Wildman–Crippen LogP) is 3.09. The number of para-hydroxylation sites is 1. The van der Waals surface area contributed by atoms with Crippen molar-refractivity contribution in [3.63, 3.8) is 0 Å². The molecule has 0 fully saturated rings. The molecule has 2 aromatic heterocycles. The normalized spacial score (nSPS) is 10.9. The quantitative estimate of drug-likeness (QED) is 0.758. The highest BCUT2D eigenvalue weighted by molar-refractivity contribution is 5.90. The van der Waals surface area contributed by atoms with Crippen LogP contribution >= 0.6 is 0 Å². The number of carbonyl (C=O) groups excluding carboxylic acids is 1. The summed E-state index contributed by atoms with van der Waals surface area (Å²) in [5.41, 5.74) is 2.92. The molecule has 0 saturated carbocycles. The van der Waals surface area contributed by atoms with Gasteiger partial charge < -0.3 is 10.2 Å². The van der Waals surface area contributed by atoms with Gasteiger partial charge in [0.05, 0.1) is 17.4 Å². The van der Waals surface area contributed by atoms with Gasteiger partial charge in [0.1, 0.15) is 0 Å². The summed E-state index contributed by atoms with van der Waals surface area (Å²) in [5, 5.41) is 3.99. The molecule has 1 N–H and O–H groups in total. The van der Waals surface area contributed by atoms with Crippen molar-refractivity contribution in [3.8, 4) is 0 Å². The highest BCUT2D eigenvalue weighted by Crippen LogP contribution is 2.17. The fourth-order valence-corrected chi connectivity index (χ4v) is 2.62. The highest BCUT2D eigenvalue weighted by Gasteiger charge is 2.08. The van der Waals surface area contributed by atoms with E-state index < -0.39 is 0 Å². The van der Waals surface area contributed by atoms with Crippen molar-refractivity contribution in [2.24, 2.45) is 0 Å². The van der Waals surface area contributed by atoms with Crippen molar-refractivity contribution in [2.75, 3.05) is 18.9 Å². The van der Waals surface area contributed by atoms with Gasteiger partial charge >= 0.3 is 0 Å². The van der Waals surface area contributed by atoms with Gasteiger partial charge in [-0.25, -0.2) is 0 Å². The Morgan fingerprint density at radius 1 is 1.12 bits per heavy atom. The SMILES string of the molecule is CN(CCC(=O)Nc1cccnc1)Cc1cccc2cccnc12. The Hall–Kier alpha value is -2.79. The Morgan fingerprint density at radius 2 is 1.96 bits per heavy atom. The summed E-state index contributed by atoms with van der Waals surface area (Å²) < 4.78 is 0. The lowest BCUT2D eigenvalue weighted by Gasteiger charge is -2.17. The molecule has 3 aromatic rings. The largest absolute Gasteiger partial charge is 0.325 e. The zero-order chi connectivity index (χ0) is 16.8. The summed E-state index contributed by atoms with van der Waals surface area (Å²) in [4.78, 5) is 22.6. The highest BCUT2D eigenvalue weighted by atomic mass is 16.1. The van der Waals surface area contributed by atoms with Crippen molar-refractivity contribution in [1.29, 1.82) is 0 Å². The second-order valence-electron chi connectivity index (χ2n) is 5.77. The number of hydrogen-bond acceptors (Lipinski definition) is 4. The maximum atomic E-state index is 12.0. The van der Waals surface area contributed by atoms with Crippen LogP contribution < -0.4 is 5.32 Å². The number of pyridine rings is 2. The zero-order valence-electron chi connectivity index (χ0n) is 13.6. The average molecular weight is 320 g/mol. The van der Waals surface area contributed by atoms with Gasteiger partial charge in [0, 0.05) is 37.3 Å². The van der Waals surface area contributed by atoms with Crippen molar-refractivity contribution in [1.82, 2.24) is 14.9 Å². The van der Waals surface area contributed by atoms with E-state index in [4.69, 9.17) is 0 Å². The van der Waals surface area contributed by atoms with Crippen LogP contribution in [0.25, 0.3) is 10.9 Å². The molecule has 0 aliphatic carbocycles. The summed E-state index contributed by atoms with van der Waals surface area (Å²) in [5.74, 6) is -0.00843. The molecule has 0 radical (unpaired) electrons. The maximum absolute atomic E-state index is 12.0. The monoisotopic (exact) mass is 320 g/mol. The molecule has 3 rings (SSSR count). The van der Waals surface area contributed by atoms with Crippen molar-refractivity contribution < 1.29 is 4.79 Å². The minimum Gasteiger partial charge on any atom is -0.325 e. The second-order valence-corrected chi connectivity index (χ2v) is 5.77. The van der Waals surface area contributed by atoms with E-state index >= 15 is 0 Å². The molecule has 0 bridgehead atoms. The van der Waals surface area contributed by atoms with E-state index in [2.05, 4.69) is 38.4 Å². The van der Waals surface area contributed by atoms with E-state index in [1.165, 1.54) is 5.56 Å². The lowest BCUT2D eigenvalue weighted by molar-refractivity contribution is -0.116. The Bertz CT molecular complexity index is 814. The van der Waals surface area contributed by atoms with Crippen LogP contribution in [0.1, 0.15) is 12.0 Å². The molecule has 0 saturated heterocycles. The number of carbonyl (C=O) groups is 1. The number of fused-ring (bicyclic) bond motifs is 1. The van der Waals surface area contributed by atoms with Gasteiger partial charge in [-0.1, -0.05) is 24.3 Å². The average Bonchev–Trinajstić information content (AvgIpc) is 2.61. The fraction of sp³-hybridized carbons (Fsp3) is 0.211. The van der Waals surface area contributed by atoms with Crippen LogP contribution in [0.5, 0.6) is 0 Å². The lowest BCUT2D eigenvalue weighted by atomic mass is 10.1. The summed E-state index contributed by atoms with van der Waals surface area (Å²) >= 11 is 0. The van der Waals surface area contributed by atoms with Crippen molar-refractivity contribution >= 4 is 22.5 Å². The molecule has 2 heterocycles. The van der Waals surface area contributed by atoms with Crippen LogP contribution in [0, 0.1) is 0 Å². The molecule has 1 aromatic carbocycles. The zero-order valence-corrected chi connectivity index (χ0v) is 13.6. The van der Waals surface area contributed by atoms with Crippen LogP contribution in [0.3, 0.4) is 0 Å². The molecule has 0 aliphatic rings. The first-order valence-corrected chi connectivity index (χ1v) is 7.93. The lowest BCUT2D eigenvalue weighted by Crippen LogP contribution is -2.24. The van der Waals surface area contributed by atoms with Gasteiger partial charge in [-0.15, -0.1) is 0 Å². The first kappa shape index (κ1) is 16.1. The Balaban J connectivity index is 1.55. The van der Waals surface area contributed by atoms with E-state index in [0.717, 1.165) is 23.1 Å². The molecule has 24 heavy (non-hydrogen) atoms. The van der Waals surface area contributed by atoms with Crippen molar-refractivity contribution in [2.45, 2.75) is 13.0 Å². The summed E-state index contributed by atoms with van der Waals surface area (Å²) in [7, 11) is 2.01. The molecule has 0 spiro atoms. The van der Waals surface area contributed by atoms with Crippen LogP contribution in [0.2, 0.25) is 0 Å². The third-order valence-corrected chi connectivity index (χ3v) is 3.82. The molecule has 0 aliphatic heterocycles. The molecule has 0 unspecified atom stereocenters. The van der Waals surface area contributed by atoms with Gasteiger partial charge in [0.15, 0.2) is 0 Å². The van der Waals surface area contributed by atoms with Crippen LogP contribution in [-0.2, 0) is 11.3 Å². The third-order valence-electron chi connectivity index (χ3n) is 3.82.